The first kappa shape index (κ1) is 15.2. The zero-order valence-corrected chi connectivity index (χ0v) is 11.7. The van der Waals surface area contributed by atoms with Gasteiger partial charge in [0.05, 0.1) is 6.42 Å². The minimum atomic E-state index is -0.937. The van der Waals surface area contributed by atoms with Crippen LogP contribution in [-0.4, -0.2) is 35.5 Å². The summed E-state index contributed by atoms with van der Waals surface area (Å²) in [6, 6.07) is 8.07. The molecule has 0 saturated carbocycles. The summed E-state index contributed by atoms with van der Waals surface area (Å²) >= 11 is 0. The number of carbonyl (C=O) groups is 2. The Balaban J connectivity index is 2.51. The molecular formula is C15H21NO3. The van der Waals surface area contributed by atoms with Gasteiger partial charge in [0.25, 0.3) is 0 Å². The van der Waals surface area contributed by atoms with Crippen LogP contribution in [0.2, 0.25) is 0 Å². The van der Waals surface area contributed by atoms with E-state index in [4.69, 9.17) is 5.11 Å². The lowest BCUT2D eigenvalue weighted by Gasteiger charge is -2.21. The lowest BCUT2D eigenvalue weighted by atomic mass is 10.0. The first-order valence-corrected chi connectivity index (χ1v) is 6.43. The Hall–Kier alpha value is -1.84. The van der Waals surface area contributed by atoms with Crippen LogP contribution >= 0.6 is 0 Å². The molecule has 1 unspecified atom stereocenters. The Morgan fingerprint density at radius 1 is 1.32 bits per heavy atom. The predicted molar refractivity (Wildman–Crippen MR) is 73.9 cm³/mol. The molecule has 0 spiro atoms. The highest BCUT2D eigenvalue weighted by Gasteiger charge is 2.19. The maximum Gasteiger partial charge on any atom is 0.304 e. The molecule has 4 nitrogen and oxygen atoms in total. The molecule has 1 N–H and O–H groups in total. The van der Waals surface area contributed by atoms with Gasteiger partial charge in [-0.05, 0) is 24.5 Å². The van der Waals surface area contributed by atoms with Crippen molar-refractivity contribution in [2.75, 3.05) is 13.6 Å². The third-order valence-corrected chi connectivity index (χ3v) is 3.26. The van der Waals surface area contributed by atoms with E-state index in [0.29, 0.717) is 6.54 Å². The topological polar surface area (TPSA) is 57.6 Å². The summed E-state index contributed by atoms with van der Waals surface area (Å²) in [5.41, 5.74) is 2.43. The summed E-state index contributed by atoms with van der Waals surface area (Å²) in [6.45, 7) is 4.30. The van der Waals surface area contributed by atoms with Gasteiger partial charge in [0.2, 0.25) is 5.91 Å². The fourth-order valence-corrected chi connectivity index (χ4v) is 2.01. The van der Waals surface area contributed by atoms with Crippen molar-refractivity contribution >= 4 is 11.9 Å². The van der Waals surface area contributed by atoms with Crippen LogP contribution in [-0.2, 0) is 16.0 Å². The highest BCUT2D eigenvalue weighted by Crippen LogP contribution is 2.10. The van der Waals surface area contributed by atoms with Crippen LogP contribution in [0.4, 0.5) is 0 Å². The number of rotatable bonds is 6. The van der Waals surface area contributed by atoms with Crippen LogP contribution in [0, 0.1) is 12.8 Å². The lowest BCUT2D eigenvalue weighted by molar-refractivity contribution is -0.143. The molecule has 0 heterocycles. The number of aryl methyl sites for hydroxylation is 1. The monoisotopic (exact) mass is 263 g/mol. The van der Waals surface area contributed by atoms with Crippen LogP contribution in [0.1, 0.15) is 24.5 Å². The number of amides is 1. The molecule has 19 heavy (non-hydrogen) atoms. The van der Waals surface area contributed by atoms with Gasteiger partial charge in [-0.3, -0.25) is 9.59 Å². The fourth-order valence-electron chi connectivity index (χ4n) is 2.01. The molecule has 1 rings (SSSR count). The molecule has 0 fully saturated rings. The van der Waals surface area contributed by atoms with Gasteiger partial charge >= 0.3 is 5.97 Å². The fraction of sp³-hybridized carbons (Fsp3) is 0.467. The number of nitrogens with zero attached hydrogens (tertiary/aromatic N) is 1. The van der Waals surface area contributed by atoms with Gasteiger partial charge in [0, 0.05) is 19.5 Å². The smallest absolute Gasteiger partial charge is 0.304 e. The molecule has 1 aromatic rings. The molecule has 0 radical (unpaired) electrons. The van der Waals surface area contributed by atoms with Crippen LogP contribution in [0.5, 0.6) is 0 Å². The van der Waals surface area contributed by atoms with E-state index < -0.39 is 11.9 Å². The van der Waals surface area contributed by atoms with Gasteiger partial charge in [-0.15, -0.1) is 0 Å². The molecule has 0 aromatic heterocycles. The quantitative estimate of drug-likeness (QED) is 0.855. The predicted octanol–water partition coefficient (Wildman–Crippen LogP) is 2.11. The first-order chi connectivity index (χ1) is 8.91. The van der Waals surface area contributed by atoms with E-state index in [0.717, 1.165) is 6.42 Å². The molecule has 0 bridgehead atoms. The van der Waals surface area contributed by atoms with Crippen molar-refractivity contribution in [3.63, 3.8) is 0 Å². The summed E-state index contributed by atoms with van der Waals surface area (Å²) in [6.07, 6.45) is 0.669. The summed E-state index contributed by atoms with van der Waals surface area (Å²) in [4.78, 5) is 24.1. The Kier molecular flexibility index (Phi) is 5.55. The average Bonchev–Trinajstić information content (AvgIpc) is 2.35. The van der Waals surface area contributed by atoms with E-state index >= 15 is 0 Å². The van der Waals surface area contributed by atoms with Gasteiger partial charge in [0.15, 0.2) is 0 Å². The normalized spacial score (nSPS) is 11.9. The van der Waals surface area contributed by atoms with Crippen LogP contribution in [0.15, 0.2) is 24.3 Å². The SMILES string of the molecule is Cc1ccccc1CCN(C)C(=O)C(C)CC(=O)O. The number of likely N-dealkylation sites (N-methyl/N-ethyl adjacent to an activating group) is 1. The van der Waals surface area contributed by atoms with Crippen molar-refractivity contribution in [3.8, 4) is 0 Å². The van der Waals surface area contributed by atoms with E-state index in [1.807, 2.05) is 31.2 Å². The molecule has 1 aromatic carbocycles. The molecule has 4 heteroatoms. The van der Waals surface area contributed by atoms with Crippen molar-refractivity contribution in [2.45, 2.75) is 26.7 Å². The third kappa shape index (κ3) is 4.73. The van der Waals surface area contributed by atoms with E-state index in [2.05, 4.69) is 0 Å². The van der Waals surface area contributed by atoms with Gasteiger partial charge in [0.1, 0.15) is 0 Å². The minimum Gasteiger partial charge on any atom is -0.481 e. The second kappa shape index (κ2) is 6.92. The van der Waals surface area contributed by atoms with E-state index in [-0.39, 0.29) is 12.3 Å². The lowest BCUT2D eigenvalue weighted by Crippen LogP contribution is -2.34. The third-order valence-electron chi connectivity index (χ3n) is 3.26. The van der Waals surface area contributed by atoms with E-state index in [1.54, 1.807) is 18.9 Å². The maximum atomic E-state index is 11.9. The van der Waals surface area contributed by atoms with Crippen molar-refractivity contribution in [1.29, 1.82) is 0 Å². The second-order valence-corrected chi connectivity index (χ2v) is 4.94. The average molecular weight is 263 g/mol. The molecule has 1 amide bonds. The molecule has 0 aliphatic rings. The number of aliphatic carboxylic acids is 1. The highest BCUT2D eigenvalue weighted by atomic mass is 16.4. The summed E-state index contributed by atoms with van der Waals surface area (Å²) in [5.74, 6) is -1.52. The zero-order chi connectivity index (χ0) is 14.4. The highest BCUT2D eigenvalue weighted by molar-refractivity contribution is 5.82. The van der Waals surface area contributed by atoms with Crippen molar-refractivity contribution < 1.29 is 14.7 Å². The second-order valence-electron chi connectivity index (χ2n) is 4.94. The molecule has 0 saturated heterocycles. The number of carboxylic acid groups (broad SMARTS) is 1. The number of carboxylic acids is 1. The van der Waals surface area contributed by atoms with Crippen LogP contribution in [0.3, 0.4) is 0 Å². The number of hydrogen-bond donors (Lipinski definition) is 1. The largest absolute Gasteiger partial charge is 0.481 e. The Labute approximate surface area is 114 Å². The molecule has 1 atom stereocenters. The van der Waals surface area contributed by atoms with Crippen molar-refractivity contribution in [2.24, 2.45) is 5.92 Å². The van der Waals surface area contributed by atoms with Crippen molar-refractivity contribution in [1.82, 2.24) is 4.90 Å². The number of hydrogen-bond acceptors (Lipinski definition) is 2. The molecule has 104 valence electrons. The van der Waals surface area contributed by atoms with Gasteiger partial charge < -0.3 is 10.0 Å². The summed E-state index contributed by atoms with van der Waals surface area (Å²) in [7, 11) is 1.72. The van der Waals surface area contributed by atoms with E-state index in [1.165, 1.54) is 11.1 Å². The Bertz CT molecular complexity index is 456. The molecular weight excluding hydrogens is 242 g/mol. The minimum absolute atomic E-state index is 0.115. The number of benzene rings is 1. The maximum absolute atomic E-state index is 11.9. The van der Waals surface area contributed by atoms with Gasteiger partial charge in [-0.2, -0.15) is 0 Å². The standard InChI is InChI=1S/C15H21NO3/c1-11-6-4-5-7-13(11)8-9-16(3)15(19)12(2)10-14(17)18/h4-7,12H,8-10H2,1-3H3,(H,17,18). The van der Waals surface area contributed by atoms with Gasteiger partial charge in [-0.25, -0.2) is 0 Å². The van der Waals surface area contributed by atoms with E-state index in [9.17, 15) is 9.59 Å². The molecule has 0 aliphatic carbocycles. The first-order valence-electron chi connectivity index (χ1n) is 6.43. The zero-order valence-electron chi connectivity index (χ0n) is 11.7. The Morgan fingerprint density at radius 3 is 2.53 bits per heavy atom. The summed E-state index contributed by atoms with van der Waals surface area (Å²) < 4.78 is 0. The van der Waals surface area contributed by atoms with Crippen molar-refractivity contribution in [3.05, 3.63) is 35.4 Å². The Morgan fingerprint density at radius 2 is 1.95 bits per heavy atom. The number of carbonyl (C=O) groups excluding carboxylic acids is 1. The van der Waals surface area contributed by atoms with Crippen LogP contribution < -0.4 is 0 Å². The van der Waals surface area contributed by atoms with Gasteiger partial charge in [-0.1, -0.05) is 31.2 Å². The molecule has 0 aliphatic heterocycles. The summed E-state index contributed by atoms with van der Waals surface area (Å²) in [5, 5.41) is 8.69. The van der Waals surface area contributed by atoms with Crippen LogP contribution in [0.25, 0.3) is 0 Å².